The lowest BCUT2D eigenvalue weighted by Crippen LogP contribution is -2.28. The molecule has 0 amide bonds. The Morgan fingerprint density at radius 2 is 1.77 bits per heavy atom. The lowest BCUT2D eigenvalue weighted by molar-refractivity contribution is 0.0964. The van der Waals surface area contributed by atoms with E-state index in [1.807, 2.05) is 6.92 Å². The van der Waals surface area contributed by atoms with Gasteiger partial charge in [-0.2, -0.15) is 0 Å². The second-order valence-corrected chi connectivity index (χ2v) is 8.99. The minimum Gasteiger partial charge on any atom is -0.451 e. The molecule has 0 saturated carbocycles. The van der Waals surface area contributed by atoms with Gasteiger partial charge in [-0.15, -0.1) is 0 Å². The molecule has 2 aromatic carbocycles. The summed E-state index contributed by atoms with van der Waals surface area (Å²) in [5, 5.41) is 0. The van der Waals surface area contributed by atoms with Gasteiger partial charge in [-0.1, -0.05) is 17.7 Å². The Morgan fingerprint density at radius 1 is 1.07 bits per heavy atom. The standard InChI is InChI=1S/C22H18N2O5S/c1-12-3-6-15(7-4-12)30(27,28)22-16(20(26)13(2)23)8-10-18-21(22)29-19-11-14(25)5-9-17(19)24-18/h3-11,13H,23H2,1-2H3/t13-/m0/s1. The van der Waals surface area contributed by atoms with Gasteiger partial charge in [0, 0.05) is 11.6 Å². The molecular formula is C22H18N2O5S. The quantitative estimate of drug-likeness (QED) is 0.396. The van der Waals surface area contributed by atoms with Gasteiger partial charge in [0.25, 0.3) is 0 Å². The molecule has 1 atom stereocenters. The minimum absolute atomic E-state index is 0.00666. The Hall–Kier alpha value is -3.36. The highest BCUT2D eigenvalue weighted by molar-refractivity contribution is 7.91. The van der Waals surface area contributed by atoms with E-state index in [2.05, 4.69) is 4.98 Å². The van der Waals surface area contributed by atoms with Gasteiger partial charge in [0.15, 0.2) is 22.6 Å². The summed E-state index contributed by atoms with van der Waals surface area (Å²) in [5.74, 6) is -0.420. The molecule has 30 heavy (non-hydrogen) atoms. The van der Waals surface area contributed by atoms with E-state index in [-0.39, 0.29) is 37.6 Å². The van der Waals surface area contributed by atoms with Crippen molar-refractivity contribution in [1.82, 2.24) is 4.98 Å². The molecular weight excluding hydrogens is 404 g/mol. The Bertz CT molecular complexity index is 1420. The topological polar surface area (TPSA) is 120 Å². The van der Waals surface area contributed by atoms with Crippen LogP contribution >= 0.6 is 0 Å². The van der Waals surface area contributed by atoms with Crippen LogP contribution in [0.4, 0.5) is 0 Å². The predicted octanol–water partition coefficient (Wildman–Crippen LogP) is 2.96. The number of fused-ring (bicyclic) bond motifs is 2. The van der Waals surface area contributed by atoms with Crippen LogP contribution in [0.1, 0.15) is 22.8 Å². The first-order valence-corrected chi connectivity index (χ1v) is 10.7. The fraction of sp³-hybridized carbons (Fsp3) is 0.136. The maximum atomic E-state index is 13.6. The van der Waals surface area contributed by atoms with E-state index in [1.165, 1.54) is 49.4 Å². The first-order valence-electron chi connectivity index (χ1n) is 9.17. The zero-order valence-corrected chi connectivity index (χ0v) is 17.1. The Morgan fingerprint density at radius 3 is 2.43 bits per heavy atom. The van der Waals surface area contributed by atoms with Crippen LogP contribution in [0.5, 0.6) is 0 Å². The molecule has 2 N–H and O–H groups in total. The van der Waals surface area contributed by atoms with Crippen LogP contribution in [0.2, 0.25) is 0 Å². The lowest BCUT2D eigenvalue weighted by atomic mass is 10.1. The minimum atomic E-state index is -4.16. The van der Waals surface area contributed by atoms with Gasteiger partial charge in [0.1, 0.15) is 16.1 Å². The average molecular weight is 422 g/mol. The normalized spacial score (nSPS) is 12.9. The third-order valence-corrected chi connectivity index (χ3v) is 6.59. The monoisotopic (exact) mass is 422 g/mol. The van der Waals surface area contributed by atoms with Crippen LogP contribution in [0.25, 0.3) is 22.6 Å². The molecule has 0 aromatic heterocycles. The molecule has 0 radical (unpaired) electrons. The highest BCUT2D eigenvalue weighted by Gasteiger charge is 2.30. The molecule has 4 rings (SSSR count). The number of nitrogens with zero attached hydrogens (tertiary/aromatic N) is 1. The number of sulfone groups is 1. The molecule has 0 saturated heterocycles. The number of hydrogen-bond acceptors (Lipinski definition) is 7. The Balaban J connectivity index is 2.14. The van der Waals surface area contributed by atoms with E-state index in [4.69, 9.17) is 10.2 Å². The largest absolute Gasteiger partial charge is 0.451 e. The van der Waals surface area contributed by atoms with Gasteiger partial charge in [0.05, 0.1) is 10.9 Å². The van der Waals surface area contributed by atoms with Gasteiger partial charge < -0.3 is 10.2 Å². The van der Waals surface area contributed by atoms with Gasteiger partial charge in [0.2, 0.25) is 9.84 Å². The Kier molecular flexibility index (Phi) is 4.76. The van der Waals surface area contributed by atoms with Gasteiger partial charge >= 0.3 is 0 Å². The van der Waals surface area contributed by atoms with Crippen LogP contribution < -0.4 is 11.2 Å². The Labute approximate surface area is 172 Å². The highest BCUT2D eigenvalue weighted by Crippen LogP contribution is 2.34. The number of aromatic nitrogens is 1. The van der Waals surface area contributed by atoms with Gasteiger partial charge in [-0.05, 0) is 50.2 Å². The zero-order valence-electron chi connectivity index (χ0n) is 16.2. The first kappa shape index (κ1) is 19.9. The fourth-order valence-electron chi connectivity index (χ4n) is 3.19. The number of ketones is 1. The third-order valence-electron chi connectivity index (χ3n) is 4.75. The summed E-state index contributed by atoms with van der Waals surface area (Å²) in [5.41, 5.74) is 6.80. The number of aryl methyl sites for hydroxylation is 1. The molecule has 0 fully saturated rings. The molecule has 2 aromatic rings. The van der Waals surface area contributed by atoms with Crippen molar-refractivity contribution in [3.8, 4) is 11.5 Å². The second kappa shape index (κ2) is 7.16. The maximum Gasteiger partial charge on any atom is 0.211 e. The third kappa shape index (κ3) is 3.30. The summed E-state index contributed by atoms with van der Waals surface area (Å²) in [4.78, 5) is 28.6. The number of Topliss-reactive ketones (excluding diaryl/α,β-unsaturated/α-hetero) is 1. The lowest BCUT2D eigenvalue weighted by Gasteiger charge is -2.15. The number of hydrogen-bond donors (Lipinski definition) is 1. The van der Waals surface area contributed by atoms with Crippen LogP contribution in [0, 0.1) is 6.92 Å². The van der Waals surface area contributed by atoms with Crippen LogP contribution in [-0.4, -0.2) is 25.2 Å². The molecule has 1 aliphatic heterocycles. The molecule has 0 spiro atoms. The molecule has 1 heterocycles. The van der Waals surface area contributed by atoms with Crippen molar-refractivity contribution in [1.29, 1.82) is 0 Å². The van der Waals surface area contributed by atoms with Gasteiger partial charge in [-0.25, -0.2) is 13.4 Å². The van der Waals surface area contributed by atoms with E-state index in [0.717, 1.165) is 5.56 Å². The van der Waals surface area contributed by atoms with Crippen molar-refractivity contribution >= 4 is 26.7 Å². The van der Waals surface area contributed by atoms with Crippen LogP contribution in [-0.2, 0) is 9.84 Å². The van der Waals surface area contributed by atoms with E-state index in [9.17, 15) is 18.0 Å². The second-order valence-electron chi connectivity index (χ2n) is 7.10. The fourth-order valence-corrected chi connectivity index (χ4v) is 4.77. The number of carbonyl (C=O) groups excluding carboxylic acids is 1. The van der Waals surface area contributed by atoms with Crippen LogP contribution in [0.15, 0.2) is 73.6 Å². The molecule has 8 heteroatoms. The molecule has 2 aliphatic rings. The van der Waals surface area contributed by atoms with E-state index >= 15 is 0 Å². The van der Waals surface area contributed by atoms with E-state index in [0.29, 0.717) is 5.69 Å². The SMILES string of the molecule is Cc1ccc(S(=O)(=O)c2c(C(=O)[C@H](C)N)ccc3nc4ccc(=O)cc-4oc23)cc1. The summed E-state index contributed by atoms with van der Waals surface area (Å²) in [7, 11) is -4.16. The predicted molar refractivity (Wildman–Crippen MR) is 112 cm³/mol. The number of nitrogens with two attached hydrogens (primary N) is 1. The molecule has 7 nitrogen and oxygen atoms in total. The zero-order chi connectivity index (χ0) is 21.6. The van der Waals surface area contributed by atoms with E-state index in [1.54, 1.807) is 12.1 Å². The summed E-state index contributed by atoms with van der Waals surface area (Å²) in [6.07, 6.45) is 0. The number of rotatable bonds is 4. The van der Waals surface area contributed by atoms with Crippen molar-refractivity contribution in [2.24, 2.45) is 5.73 Å². The maximum absolute atomic E-state index is 13.6. The molecule has 0 unspecified atom stereocenters. The summed E-state index contributed by atoms with van der Waals surface area (Å²) in [6.45, 7) is 3.32. The van der Waals surface area contributed by atoms with Crippen molar-refractivity contribution in [3.05, 3.63) is 75.9 Å². The van der Waals surface area contributed by atoms with E-state index < -0.39 is 21.7 Å². The molecule has 1 aliphatic carbocycles. The first-order chi connectivity index (χ1) is 14.2. The van der Waals surface area contributed by atoms with Crippen LogP contribution in [0.3, 0.4) is 0 Å². The van der Waals surface area contributed by atoms with Crippen molar-refractivity contribution in [2.75, 3.05) is 0 Å². The molecule has 0 bridgehead atoms. The average Bonchev–Trinajstić information content (AvgIpc) is 2.71. The van der Waals surface area contributed by atoms with Crippen molar-refractivity contribution in [3.63, 3.8) is 0 Å². The summed E-state index contributed by atoms with van der Waals surface area (Å²) >= 11 is 0. The van der Waals surface area contributed by atoms with Crippen molar-refractivity contribution in [2.45, 2.75) is 29.7 Å². The number of carbonyl (C=O) groups is 1. The molecule has 152 valence electrons. The number of benzene rings is 3. The summed E-state index contributed by atoms with van der Waals surface area (Å²) < 4.78 is 33.0. The van der Waals surface area contributed by atoms with Gasteiger partial charge in [-0.3, -0.25) is 9.59 Å². The van der Waals surface area contributed by atoms with Crippen molar-refractivity contribution < 1.29 is 17.6 Å². The summed E-state index contributed by atoms with van der Waals surface area (Å²) in [6, 6.07) is 12.3. The smallest absolute Gasteiger partial charge is 0.211 e. The highest BCUT2D eigenvalue weighted by atomic mass is 32.2.